The van der Waals surface area contributed by atoms with Crippen molar-refractivity contribution in [3.63, 3.8) is 0 Å². The van der Waals surface area contributed by atoms with Crippen molar-refractivity contribution in [2.75, 3.05) is 6.54 Å². The van der Waals surface area contributed by atoms with Gasteiger partial charge in [0.15, 0.2) is 6.23 Å². The molecule has 0 unspecified atom stereocenters. The van der Waals surface area contributed by atoms with Crippen LogP contribution in [0.5, 0.6) is 5.75 Å². The maximum absolute atomic E-state index is 13.2. The van der Waals surface area contributed by atoms with E-state index in [1.807, 2.05) is 75.4 Å². The number of likely N-dealkylation sites (tertiary alicyclic amines) is 1. The van der Waals surface area contributed by atoms with Gasteiger partial charge in [-0.1, -0.05) is 30.3 Å². The number of carbonyl (C=O) groups is 2. The zero-order chi connectivity index (χ0) is 24.3. The standard InChI is InChI=1S/C26H28N2O6/c1-17-21(27-23(33-17)18-8-5-4-6-9-18)16-32-20-13-11-19(12-14-20)26(2,3)24(29)28-15-7-10-22(28)34-25(30)31/h4-6,8-9,11-14,22H,7,10,15-16H2,1-3H3,(H,30,31)/t22-/m1/s1. The Labute approximate surface area is 198 Å². The molecular weight excluding hydrogens is 436 g/mol. The van der Waals surface area contributed by atoms with Crippen molar-refractivity contribution in [2.45, 2.75) is 51.9 Å². The minimum atomic E-state index is -1.37. The second-order valence-electron chi connectivity index (χ2n) is 8.81. The van der Waals surface area contributed by atoms with Gasteiger partial charge in [0.05, 0.1) is 5.41 Å². The van der Waals surface area contributed by atoms with Gasteiger partial charge in [-0.05, 0) is 57.0 Å². The molecule has 1 aromatic heterocycles. The first kappa shape index (κ1) is 23.4. The first-order valence-electron chi connectivity index (χ1n) is 11.2. The summed E-state index contributed by atoms with van der Waals surface area (Å²) in [7, 11) is 0. The number of nitrogens with zero attached hydrogens (tertiary/aromatic N) is 2. The van der Waals surface area contributed by atoms with Crippen molar-refractivity contribution >= 4 is 12.1 Å². The molecule has 1 aliphatic heterocycles. The van der Waals surface area contributed by atoms with E-state index < -0.39 is 17.8 Å². The van der Waals surface area contributed by atoms with Crippen LogP contribution in [0.1, 0.15) is 43.7 Å². The van der Waals surface area contributed by atoms with Gasteiger partial charge >= 0.3 is 6.16 Å². The predicted octanol–water partition coefficient (Wildman–Crippen LogP) is 5.15. The summed E-state index contributed by atoms with van der Waals surface area (Å²) in [6.45, 7) is 6.24. The number of carbonyl (C=O) groups excluding carboxylic acids is 1. The lowest BCUT2D eigenvalue weighted by molar-refractivity contribution is -0.144. The zero-order valence-electron chi connectivity index (χ0n) is 19.5. The molecule has 0 aliphatic carbocycles. The number of aromatic nitrogens is 1. The molecule has 0 saturated carbocycles. The Balaban J connectivity index is 1.41. The molecule has 1 fully saturated rings. The molecule has 8 heteroatoms. The van der Waals surface area contributed by atoms with Gasteiger partial charge in [-0.3, -0.25) is 4.79 Å². The van der Waals surface area contributed by atoms with E-state index in [9.17, 15) is 9.59 Å². The van der Waals surface area contributed by atoms with Crippen LogP contribution in [0.25, 0.3) is 11.5 Å². The molecule has 34 heavy (non-hydrogen) atoms. The average Bonchev–Trinajstić information content (AvgIpc) is 3.43. The maximum atomic E-state index is 13.2. The summed E-state index contributed by atoms with van der Waals surface area (Å²) in [5.41, 5.74) is 1.57. The van der Waals surface area contributed by atoms with Crippen LogP contribution in [0.15, 0.2) is 59.0 Å². The first-order chi connectivity index (χ1) is 16.3. The van der Waals surface area contributed by atoms with Crippen LogP contribution in [0.3, 0.4) is 0 Å². The van der Waals surface area contributed by atoms with Crippen LogP contribution in [-0.2, 0) is 21.6 Å². The quantitative estimate of drug-likeness (QED) is 0.483. The van der Waals surface area contributed by atoms with Gasteiger partial charge in [-0.2, -0.15) is 0 Å². The van der Waals surface area contributed by atoms with Crippen molar-refractivity contribution < 1.29 is 28.6 Å². The molecule has 1 atom stereocenters. The zero-order valence-corrected chi connectivity index (χ0v) is 19.5. The van der Waals surface area contributed by atoms with Crippen LogP contribution < -0.4 is 4.74 Å². The highest BCUT2D eigenvalue weighted by atomic mass is 16.7. The number of carboxylic acid groups (broad SMARTS) is 1. The Bertz CT molecular complexity index is 1150. The van der Waals surface area contributed by atoms with Crippen molar-refractivity contribution in [2.24, 2.45) is 0 Å². The van der Waals surface area contributed by atoms with E-state index in [0.717, 1.165) is 16.8 Å². The molecule has 4 rings (SSSR count). The molecule has 1 saturated heterocycles. The Morgan fingerprint density at radius 2 is 1.85 bits per heavy atom. The highest BCUT2D eigenvalue weighted by molar-refractivity contribution is 5.88. The monoisotopic (exact) mass is 464 g/mol. The maximum Gasteiger partial charge on any atom is 0.507 e. The van der Waals surface area contributed by atoms with Gasteiger partial charge in [0, 0.05) is 18.5 Å². The third-order valence-electron chi connectivity index (χ3n) is 6.10. The highest BCUT2D eigenvalue weighted by Crippen LogP contribution is 2.31. The largest absolute Gasteiger partial charge is 0.507 e. The third kappa shape index (κ3) is 4.90. The first-order valence-corrected chi connectivity index (χ1v) is 11.2. The van der Waals surface area contributed by atoms with Gasteiger partial charge in [-0.15, -0.1) is 0 Å². The number of hydrogen-bond donors (Lipinski definition) is 1. The Hall–Kier alpha value is -3.81. The normalized spacial score (nSPS) is 15.9. The van der Waals surface area contributed by atoms with E-state index in [0.29, 0.717) is 36.8 Å². The van der Waals surface area contributed by atoms with E-state index in [1.54, 1.807) is 0 Å². The lowest BCUT2D eigenvalue weighted by atomic mass is 9.83. The number of aryl methyl sites for hydroxylation is 1. The van der Waals surface area contributed by atoms with Crippen LogP contribution in [0, 0.1) is 6.92 Å². The fraction of sp³-hybridized carbons (Fsp3) is 0.346. The lowest BCUT2D eigenvalue weighted by Gasteiger charge is -2.32. The molecule has 1 N–H and O–H groups in total. The summed E-state index contributed by atoms with van der Waals surface area (Å²) < 4.78 is 16.6. The van der Waals surface area contributed by atoms with Crippen LogP contribution in [0.4, 0.5) is 4.79 Å². The minimum Gasteiger partial charge on any atom is -0.487 e. The summed E-state index contributed by atoms with van der Waals surface area (Å²) in [5, 5.41) is 8.95. The summed E-state index contributed by atoms with van der Waals surface area (Å²) >= 11 is 0. The number of benzene rings is 2. The van der Waals surface area contributed by atoms with Crippen LogP contribution in [-0.4, -0.2) is 39.8 Å². The molecular formula is C26H28N2O6. The molecule has 0 radical (unpaired) electrons. The molecule has 2 aromatic carbocycles. The topological polar surface area (TPSA) is 102 Å². The minimum absolute atomic E-state index is 0.170. The molecule has 0 spiro atoms. The van der Waals surface area contributed by atoms with Gasteiger partial charge in [0.1, 0.15) is 23.8 Å². The van der Waals surface area contributed by atoms with E-state index in [4.69, 9.17) is 19.0 Å². The van der Waals surface area contributed by atoms with Crippen molar-refractivity contribution in [1.29, 1.82) is 0 Å². The number of hydrogen-bond acceptors (Lipinski definition) is 6. The molecule has 3 aromatic rings. The summed E-state index contributed by atoms with van der Waals surface area (Å²) in [4.78, 5) is 30.2. The van der Waals surface area contributed by atoms with Crippen molar-refractivity contribution in [1.82, 2.24) is 9.88 Å². The number of oxazole rings is 1. The van der Waals surface area contributed by atoms with E-state index in [-0.39, 0.29) is 12.5 Å². The number of rotatable bonds is 7. The van der Waals surface area contributed by atoms with E-state index in [1.165, 1.54) is 4.90 Å². The van der Waals surface area contributed by atoms with Crippen molar-refractivity contribution in [3.05, 3.63) is 71.6 Å². The summed E-state index contributed by atoms with van der Waals surface area (Å²) in [6.07, 6.45) is -0.894. The summed E-state index contributed by atoms with van der Waals surface area (Å²) in [5.74, 6) is 1.73. The van der Waals surface area contributed by atoms with Gasteiger partial charge < -0.3 is 23.9 Å². The highest BCUT2D eigenvalue weighted by Gasteiger charge is 2.40. The fourth-order valence-electron chi connectivity index (χ4n) is 4.08. The second kappa shape index (κ2) is 9.59. The Morgan fingerprint density at radius 3 is 2.53 bits per heavy atom. The number of amides is 1. The summed E-state index contributed by atoms with van der Waals surface area (Å²) in [6, 6.07) is 17.0. The Kier molecular flexibility index (Phi) is 6.58. The smallest absolute Gasteiger partial charge is 0.487 e. The van der Waals surface area contributed by atoms with Gasteiger partial charge in [0.25, 0.3) is 0 Å². The molecule has 1 aliphatic rings. The van der Waals surface area contributed by atoms with Crippen LogP contribution in [0.2, 0.25) is 0 Å². The van der Waals surface area contributed by atoms with Gasteiger partial charge in [-0.25, -0.2) is 9.78 Å². The average molecular weight is 465 g/mol. The van der Waals surface area contributed by atoms with Crippen molar-refractivity contribution in [3.8, 4) is 17.2 Å². The molecule has 1 amide bonds. The predicted molar refractivity (Wildman–Crippen MR) is 124 cm³/mol. The Morgan fingerprint density at radius 1 is 1.15 bits per heavy atom. The fourth-order valence-corrected chi connectivity index (χ4v) is 4.08. The molecule has 8 nitrogen and oxygen atoms in total. The SMILES string of the molecule is Cc1oc(-c2ccccc2)nc1COc1ccc(C(C)(C)C(=O)N2CCC[C@H]2OC(=O)O)cc1. The molecule has 2 heterocycles. The third-order valence-corrected chi connectivity index (χ3v) is 6.10. The number of ether oxygens (including phenoxy) is 2. The molecule has 178 valence electrons. The lowest BCUT2D eigenvalue weighted by Crippen LogP contribution is -2.47. The molecule has 0 bridgehead atoms. The van der Waals surface area contributed by atoms with Gasteiger partial charge in [0.2, 0.25) is 11.8 Å². The van der Waals surface area contributed by atoms with E-state index in [2.05, 4.69) is 4.98 Å². The van der Waals surface area contributed by atoms with E-state index >= 15 is 0 Å². The van der Waals surface area contributed by atoms with Crippen LogP contribution >= 0.6 is 0 Å². The second-order valence-corrected chi connectivity index (χ2v) is 8.81.